The van der Waals surface area contributed by atoms with Gasteiger partial charge in [-0.15, -0.1) is 0 Å². The van der Waals surface area contributed by atoms with Crippen LogP contribution in [-0.4, -0.2) is 149 Å². The number of fused-ring (bicyclic) bond motifs is 1. The number of methoxy groups -OCH3 is 2. The SMILES string of the molecule is CCc1cc(Nc2ncc(Cl)c(Nc3ccc(OC)cc3N(C)S(C)(=O)=O)n2)c(OC)cc1N1CCC(N2CCN(C(=O)CN(C)c3cccc4c3CN(C3CCC(=O)NC3=O)C4=O)CC2)CC1. The molecule has 0 bridgehead atoms. The summed E-state index contributed by atoms with van der Waals surface area (Å²) in [4.78, 5) is 70.7. The molecule has 68 heavy (non-hydrogen) atoms. The van der Waals surface area contributed by atoms with E-state index in [1.807, 2.05) is 22.9 Å². The zero-order chi connectivity index (χ0) is 48.4. The van der Waals surface area contributed by atoms with Gasteiger partial charge in [0, 0.05) is 107 Å². The van der Waals surface area contributed by atoms with Crippen molar-refractivity contribution in [2.45, 2.75) is 57.7 Å². The molecular weight excluding hydrogens is 914 g/mol. The lowest BCUT2D eigenvalue weighted by atomic mass is 9.99. The van der Waals surface area contributed by atoms with Gasteiger partial charge in [-0.25, -0.2) is 13.4 Å². The van der Waals surface area contributed by atoms with Gasteiger partial charge in [0.05, 0.1) is 50.3 Å². The number of anilines is 7. The summed E-state index contributed by atoms with van der Waals surface area (Å²) in [7, 11) is 2.84. The molecule has 0 radical (unpaired) electrons. The van der Waals surface area contributed by atoms with E-state index < -0.39 is 22.0 Å². The number of piperazine rings is 1. The Morgan fingerprint density at radius 1 is 0.926 bits per heavy atom. The van der Waals surface area contributed by atoms with E-state index >= 15 is 0 Å². The number of likely N-dealkylation sites (N-methyl/N-ethyl adjacent to an activating group) is 1. The minimum atomic E-state index is -3.60. The molecule has 0 spiro atoms. The first-order valence-corrected chi connectivity index (χ1v) is 24.9. The second-order valence-electron chi connectivity index (χ2n) is 17.5. The zero-order valence-electron chi connectivity index (χ0n) is 39.2. The summed E-state index contributed by atoms with van der Waals surface area (Å²) in [5.41, 5.74) is 5.77. The number of aryl methyl sites for hydroxylation is 1. The third kappa shape index (κ3) is 10.1. The van der Waals surface area contributed by atoms with Crippen LogP contribution in [0.5, 0.6) is 11.5 Å². The summed E-state index contributed by atoms with van der Waals surface area (Å²) in [5, 5.41) is 9.06. The zero-order valence-corrected chi connectivity index (χ0v) is 40.7. The molecule has 3 aromatic carbocycles. The van der Waals surface area contributed by atoms with Crippen LogP contribution in [0.25, 0.3) is 0 Å². The number of carbonyl (C=O) groups is 4. The number of hydrogen-bond acceptors (Lipinski definition) is 15. The van der Waals surface area contributed by atoms with Gasteiger partial charge in [-0.05, 0) is 61.6 Å². The van der Waals surface area contributed by atoms with Gasteiger partial charge in [-0.2, -0.15) is 4.98 Å². The Morgan fingerprint density at radius 3 is 2.35 bits per heavy atom. The monoisotopic (exact) mass is 971 g/mol. The van der Waals surface area contributed by atoms with E-state index in [9.17, 15) is 27.6 Å². The number of piperidine rings is 2. The Balaban J connectivity index is 0.860. The van der Waals surface area contributed by atoms with Crippen LogP contribution in [0.4, 0.5) is 40.2 Å². The first-order chi connectivity index (χ1) is 32.6. The van der Waals surface area contributed by atoms with Gasteiger partial charge < -0.3 is 39.7 Å². The molecule has 1 aromatic heterocycles. The van der Waals surface area contributed by atoms with Crippen LogP contribution < -0.4 is 39.5 Å². The number of ether oxygens (including phenoxy) is 2. The molecule has 3 saturated heterocycles. The number of amides is 4. The van der Waals surface area contributed by atoms with Crippen LogP contribution in [0, 0.1) is 0 Å². The van der Waals surface area contributed by atoms with E-state index in [-0.39, 0.29) is 60.4 Å². The summed E-state index contributed by atoms with van der Waals surface area (Å²) in [6.07, 6.45) is 5.78. The van der Waals surface area contributed by atoms with Crippen molar-refractivity contribution in [3.63, 3.8) is 0 Å². The first kappa shape index (κ1) is 48.1. The molecule has 4 aliphatic heterocycles. The highest BCUT2D eigenvalue weighted by molar-refractivity contribution is 7.92. The molecular formula is C47H58ClN11O8S. The number of nitrogens with zero attached hydrogens (tertiary/aromatic N) is 8. The Kier molecular flexibility index (Phi) is 14.2. The van der Waals surface area contributed by atoms with Crippen LogP contribution in [0.2, 0.25) is 5.02 Å². The van der Waals surface area contributed by atoms with Crippen molar-refractivity contribution in [2.24, 2.45) is 0 Å². The normalized spacial score (nSPS) is 18.0. The van der Waals surface area contributed by atoms with Crippen LogP contribution in [0.3, 0.4) is 0 Å². The number of benzene rings is 3. The molecule has 4 amide bonds. The van der Waals surface area contributed by atoms with Crippen LogP contribution in [0.15, 0.2) is 54.7 Å². The standard InChI is InChI=1S/C47H58ClN11O8S/c1-7-29-23-36(51-47-49-26-34(48)44(53-47)50-35-12-11-31(66-4)24-40(35)55(3)68(6,64)65)41(67-5)25-39(29)57-17-15-30(16-18-57)56-19-21-58(22-20-56)43(61)28-54(2)37-10-8-9-32-33(37)27-59(46(32)63)38-13-14-42(60)52-45(38)62/h8-12,23-26,30,38H,7,13-22,27-28H2,1-6H3,(H,52,60,62)(H2,49,50,51,53). The minimum Gasteiger partial charge on any atom is -0.497 e. The van der Waals surface area contributed by atoms with Gasteiger partial charge in [0.25, 0.3) is 5.91 Å². The second kappa shape index (κ2) is 20.1. The smallest absolute Gasteiger partial charge is 0.255 e. The van der Waals surface area contributed by atoms with Gasteiger partial charge in [-0.1, -0.05) is 24.6 Å². The van der Waals surface area contributed by atoms with Crippen molar-refractivity contribution < 1.29 is 37.1 Å². The fourth-order valence-electron chi connectivity index (χ4n) is 9.53. The van der Waals surface area contributed by atoms with Crippen molar-refractivity contribution in [1.29, 1.82) is 0 Å². The fourth-order valence-corrected chi connectivity index (χ4v) is 10.2. The maximum absolute atomic E-state index is 13.7. The van der Waals surface area contributed by atoms with Gasteiger partial charge in [0.2, 0.25) is 33.7 Å². The fraction of sp³-hybridized carbons (Fsp3) is 0.447. The number of nitrogens with one attached hydrogen (secondary N) is 3. The van der Waals surface area contributed by atoms with Gasteiger partial charge >= 0.3 is 0 Å². The maximum Gasteiger partial charge on any atom is 0.255 e. The Labute approximate surface area is 401 Å². The Morgan fingerprint density at radius 2 is 1.68 bits per heavy atom. The first-order valence-electron chi connectivity index (χ1n) is 22.7. The molecule has 1 atom stereocenters. The molecule has 362 valence electrons. The predicted molar refractivity (Wildman–Crippen MR) is 261 cm³/mol. The van der Waals surface area contributed by atoms with Crippen molar-refractivity contribution in [3.05, 3.63) is 76.4 Å². The quantitative estimate of drug-likeness (QED) is 0.140. The number of aromatic nitrogens is 2. The highest BCUT2D eigenvalue weighted by Crippen LogP contribution is 2.39. The molecule has 19 nitrogen and oxygen atoms in total. The molecule has 0 aliphatic carbocycles. The molecule has 21 heteroatoms. The molecule has 3 N–H and O–H groups in total. The van der Waals surface area contributed by atoms with Crippen LogP contribution in [0.1, 0.15) is 54.1 Å². The summed E-state index contributed by atoms with van der Waals surface area (Å²) in [5.74, 6) is 0.614. The number of rotatable bonds is 15. The highest BCUT2D eigenvalue weighted by atomic mass is 35.5. The van der Waals surface area contributed by atoms with E-state index in [2.05, 4.69) is 54.8 Å². The van der Waals surface area contributed by atoms with Crippen molar-refractivity contribution in [3.8, 4) is 11.5 Å². The summed E-state index contributed by atoms with van der Waals surface area (Å²) in [6.45, 7) is 7.07. The maximum atomic E-state index is 13.7. The van der Waals surface area contributed by atoms with E-state index in [1.165, 1.54) is 25.3 Å². The number of halogens is 1. The lowest BCUT2D eigenvalue weighted by Crippen LogP contribution is -2.55. The lowest BCUT2D eigenvalue weighted by molar-refractivity contribution is -0.137. The molecule has 0 saturated carbocycles. The minimum absolute atomic E-state index is 0.0201. The third-order valence-corrected chi connectivity index (χ3v) is 14.9. The van der Waals surface area contributed by atoms with Crippen molar-refractivity contribution >= 4 is 85.5 Å². The average molecular weight is 973 g/mol. The van der Waals surface area contributed by atoms with E-state index in [1.54, 1.807) is 37.4 Å². The van der Waals surface area contributed by atoms with Gasteiger partial charge in [0.15, 0.2) is 5.82 Å². The van der Waals surface area contributed by atoms with E-state index in [0.717, 1.165) is 78.5 Å². The highest BCUT2D eigenvalue weighted by Gasteiger charge is 2.40. The molecule has 1 unspecified atom stereocenters. The van der Waals surface area contributed by atoms with E-state index in [0.29, 0.717) is 53.3 Å². The lowest BCUT2D eigenvalue weighted by Gasteiger charge is -2.43. The largest absolute Gasteiger partial charge is 0.497 e. The number of imide groups is 1. The molecule has 4 aromatic rings. The van der Waals surface area contributed by atoms with Gasteiger partial charge in [0.1, 0.15) is 22.6 Å². The van der Waals surface area contributed by atoms with E-state index in [4.69, 9.17) is 21.1 Å². The summed E-state index contributed by atoms with van der Waals surface area (Å²) >= 11 is 6.56. The number of hydrogen-bond donors (Lipinski definition) is 3. The topological polar surface area (TPSA) is 202 Å². The summed E-state index contributed by atoms with van der Waals surface area (Å²) < 4.78 is 37.4. The molecule has 8 rings (SSSR count). The number of carbonyl (C=O) groups excluding carboxylic acids is 4. The van der Waals surface area contributed by atoms with Crippen molar-refractivity contribution in [1.82, 2.24) is 30.0 Å². The molecule has 3 fully saturated rings. The van der Waals surface area contributed by atoms with Gasteiger partial charge in [-0.3, -0.25) is 33.7 Å². The Bertz CT molecular complexity index is 2710. The van der Waals surface area contributed by atoms with Crippen LogP contribution >= 0.6 is 11.6 Å². The number of sulfonamides is 1. The predicted octanol–water partition coefficient (Wildman–Crippen LogP) is 4.60. The second-order valence-corrected chi connectivity index (χ2v) is 19.9. The third-order valence-electron chi connectivity index (χ3n) is 13.4. The average Bonchev–Trinajstić information content (AvgIpc) is 3.67. The Hall–Kier alpha value is -6.38. The molecule has 4 aliphatic rings. The summed E-state index contributed by atoms with van der Waals surface area (Å²) in [6, 6.07) is 14.3. The van der Waals surface area contributed by atoms with Crippen LogP contribution in [-0.2, 0) is 37.4 Å². The molecule has 5 heterocycles. The van der Waals surface area contributed by atoms with Crippen molar-refractivity contribution in [2.75, 3.05) is 105 Å².